The highest BCUT2D eigenvalue weighted by molar-refractivity contribution is 5.94. The molecule has 2 aromatic heterocycles. The number of likely N-dealkylation sites (tertiary alicyclic amines) is 1. The van der Waals surface area contributed by atoms with E-state index in [-0.39, 0.29) is 35.2 Å². The Morgan fingerprint density at radius 1 is 1.07 bits per heavy atom. The van der Waals surface area contributed by atoms with Gasteiger partial charge < -0.3 is 34.8 Å². The Bertz CT molecular complexity index is 1300. The first-order valence-corrected chi connectivity index (χ1v) is 14.2. The van der Waals surface area contributed by atoms with Gasteiger partial charge in [-0.3, -0.25) is 9.59 Å². The largest absolute Gasteiger partial charge is 0.378 e. The van der Waals surface area contributed by atoms with Gasteiger partial charge in [0.15, 0.2) is 5.82 Å². The van der Waals surface area contributed by atoms with E-state index in [1.807, 2.05) is 20.8 Å². The number of carbonyl (C=O) groups is 2. The van der Waals surface area contributed by atoms with E-state index >= 15 is 0 Å². The van der Waals surface area contributed by atoms with Crippen LogP contribution in [0.15, 0.2) is 29.2 Å². The van der Waals surface area contributed by atoms with Gasteiger partial charge in [0.2, 0.25) is 0 Å². The predicted octanol–water partition coefficient (Wildman–Crippen LogP) is 1.57. The van der Waals surface area contributed by atoms with E-state index in [2.05, 4.69) is 25.6 Å². The summed E-state index contributed by atoms with van der Waals surface area (Å²) in [5.74, 6) is 0.994. The number of rotatable bonds is 6. The van der Waals surface area contributed by atoms with Crippen LogP contribution in [0.25, 0.3) is 0 Å². The number of aromatic nitrogens is 3. The Balaban J connectivity index is 1.20. The molecule has 3 aliphatic rings. The molecule has 41 heavy (non-hydrogen) atoms. The monoisotopic (exact) mass is 568 g/mol. The smallest absolute Gasteiger partial charge is 0.317 e. The Kier molecular flexibility index (Phi) is 8.45. The highest BCUT2D eigenvalue weighted by Crippen LogP contribution is 2.23. The number of ether oxygens (including phenoxy) is 2. The van der Waals surface area contributed by atoms with Crippen molar-refractivity contribution in [3.8, 4) is 0 Å². The number of nitrogens with one attached hydrogen (secondary N) is 2. The number of pyridine rings is 1. The van der Waals surface area contributed by atoms with Crippen molar-refractivity contribution in [1.29, 1.82) is 0 Å². The molecule has 0 aliphatic carbocycles. The molecule has 2 aromatic rings. The molecule has 222 valence electrons. The lowest BCUT2D eigenvalue weighted by Crippen LogP contribution is -2.61. The number of morpholine rings is 1. The number of amides is 3. The van der Waals surface area contributed by atoms with E-state index in [4.69, 9.17) is 9.47 Å². The lowest BCUT2D eigenvalue weighted by molar-refractivity contribution is -0.111. The van der Waals surface area contributed by atoms with Crippen LogP contribution < -0.4 is 21.1 Å². The van der Waals surface area contributed by atoms with Crippen molar-refractivity contribution in [1.82, 2.24) is 29.9 Å². The van der Waals surface area contributed by atoms with Crippen molar-refractivity contribution in [2.45, 2.75) is 51.4 Å². The van der Waals surface area contributed by atoms with E-state index in [1.54, 1.807) is 35.0 Å². The molecule has 3 amide bonds. The zero-order valence-corrected chi connectivity index (χ0v) is 24.3. The second-order valence-electron chi connectivity index (χ2n) is 11.8. The van der Waals surface area contributed by atoms with Crippen LogP contribution in [0.2, 0.25) is 0 Å². The number of nitrogens with zero attached hydrogens (tertiary/aromatic N) is 6. The van der Waals surface area contributed by atoms with Crippen LogP contribution in [-0.4, -0.2) is 107 Å². The Morgan fingerprint density at radius 2 is 1.83 bits per heavy atom. The van der Waals surface area contributed by atoms with Crippen LogP contribution in [0.5, 0.6) is 0 Å². The lowest BCUT2D eigenvalue weighted by atomic mass is 10.1. The summed E-state index contributed by atoms with van der Waals surface area (Å²) < 4.78 is 12.6. The molecule has 3 saturated heterocycles. The molecule has 1 atom stereocenters. The standard InChI is InChI=1S/C28H40N8O5/c1-28(2,3)41-21-17-36(18-21)27(39)30-20-6-5-9-35(16-20)24-14-22(26(38)33(4)32-24)31-23-8-7-19(15-29-23)25(37)34-10-12-40-13-11-34/h7-8,14-15,20-21H,5-6,9-13,16-18H2,1-4H3,(H,29,31)(H,30,39). The van der Waals surface area contributed by atoms with Gasteiger partial charge in [0, 0.05) is 51.5 Å². The van der Waals surface area contributed by atoms with Gasteiger partial charge >= 0.3 is 6.03 Å². The van der Waals surface area contributed by atoms with Crippen molar-refractivity contribution in [2.24, 2.45) is 7.05 Å². The Hall–Kier alpha value is -3.71. The summed E-state index contributed by atoms with van der Waals surface area (Å²) in [4.78, 5) is 48.3. The van der Waals surface area contributed by atoms with Crippen molar-refractivity contribution < 1.29 is 19.1 Å². The lowest BCUT2D eigenvalue weighted by Gasteiger charge is -2.43. The van der Waals surface area contributed by atoms with Crippen LogP contribution in [0.3, 0.4) is 0 Å². The Labute approximate surface area is 239 Å². The molecule has 0 aromatic carbocycles. The summed E-state index contributed by atoms with van der Waals surface area (Å²) in [5, 5.41) is 10.7. The summed E-state index contributed by atoms with van der Waals surface area (Å²) in [6, 6.07) is 4.99. The van der Waals surface area contributed by atoms with Crippen LogP contribution >= 0.6 is 0 Å². The van der Waals surface area contributed by atoms with Gasteiger partial charge in [-0.05, 0) is 45.7 Å². The summed E-state index contributed by atoms with van der Waals surface area (Å²) in [6.45, 7) is 10.8. The minimum atomic E-state index is -0.296. The molecule has 0 saturated carbocycles. The molecule has 5 heterocycles. The molecule has 5 rings (SSSR count). The summed E-state index contributed by atoms with van der Waals surface area (Å²) in [7, 11) is 1.61. The van der Waals surface area contributed by atoms with Gasteiger partial charge in [-0.15, -0.1) is 0 Å². The number of urea groups is 1. The molecule has 2 N–H and O–H groups in total. The third-order valence-electron chi connectivity index (χ3n) is 7.35. The van der Waals surface area contributed by atoms with Crippen LogP contribution in [-0.2, 0) is 16.5 Å². The minimum absolute atomic E-state index is 0.0347. The van der Waals surface area contributed by atoms with Crippen molar-refractivity contribution in [3.63, 3.8) is 0 Å². The first-order chi connectivity index (χ1) is 19.6. The zero-order valence-electron chi connectivity index (χ0n) is 24.3. The topological polar surface area (TPSA) is 134 Å². The maximum atomic E-state index is 12.9. The zero-order chi connectivity index (χ0) is 29.1. The van der Waals surface area contributed by atoms with E-state index in [9.17, 15) is 14.4 Å². The molecule has 0 bridgehead atoms. The molecule has 0 spiro atoms. The number of hydrogen-bond donors (Lipinski definition) is 2. The maximum absolute atomic E-state index is 12.9. The predicted molar refractivity (Wildman–Crippen MR) is 154 cm³/mol. The van der Waals surface area contributed by atoms with E-state index in [0.29, 0.717) is 68.8 Å². The van der Waals surface area contributed by atoms with Gasteiger partial charge in [-0.25, -0.2) is 14.5 Å². The number of hydrogen-bond acceptors (Lipinski definition) is 9. The number of aryl methyl sites for hydroxylation is 1. The van der Waals surface area contributed by atoms with E-state index < -0.39 is 0 Å². The van der Waals surface area contributed by atoms with Crippen LogP contribution in [0, 0.1) is 0 Å². The number of carbonyl (C=O) groups excluding carboxylic acids is 2. The SMILES string of the molecule is Cn1nc(N2CCCC(NC(=O)N3CC(OC(C)(C)C)C3)C2)cc(Nc2ccc(C(=O)N3CCOCC3)cn2)c1=O. The quantitative estimate of drug-likeness (QED) is 0.533. The highest BCUT2D eigenvalue weighted by atomic mass is 16.5. The molecule has 3 fully saturated rings. The fourth-order valence-electron chi connectivity index (χ4n) is 5.27. The fraction of sp³-hybridized carbons (Fsp3) is 0.607. The summed E-state index contributed by atoms with van der Waals surface area (Å²) in [5.41, 5.74) is 0.289. The van der Waals surface area contributed by atoms with Crippen LogP contribution in [0.4, 0.5) is 22.1 Å². The van der Waals surface area contributed by atoms with Gasteiger partial charge in [-0.1, -0.05) is 0 Å². The molecule has 3 aliphatic heterocycles. The fourth-order valence-corrected chi connectivity index (χ4v) is 5.27. The average Bonchev–Trinajstić information content (AvgIpc) is 2.93. The minimum Gasteiger partial charge on any atom is -0.378 e. The normalized spacial score (nSPS) is 20.0. The van der Waals surface area contributed by atoms with Gasteiger partial charge in [-0.2, -0.15) is 5.10 Å². The summed E-state index contributed by atoms with van der Waals surface area (Å²) >= 11 is 0. The highest BCUT2D eigenvalue weighted by Gasteiger charge is 2.35. The van der Waals surface area contributed by atoms with E-state index in [0.717, 1.165) is 19.4 Å². The molecule has 13 heteroatoms. The third kappa shape index (κ3) is 7.14. The van der Waals surface area contributed by atoms with Crippen molar-refractivity contribution in [3.05, 3.63) is 40.3 Å². The Morgan fingerprint density at radius 3 is 2.51 bits per heavy atom. The molecule has 13 nitrogen and oxygen atoms in total. The molecular formula is C28H40N8O5. The number of anilines is 3. The van der Waals surface area contributed by atoms with Gasteiger partial charge in [0.25, 0.3) is 11.5 Å². The maximum Gasteiger partial charge on any atom is 0.317 e. The average molecular weight is 569 g/mol. The van der Waals surface area contributed by atoms with Gasteiger partial charge in [0.1, 0.15) is 11.5 Å². The molecular weight excluding hydrogens is 528 g/mol. The van der Waals surface area contributed by atoms with Gasteiger partial charge in [0.05, 0.1) is 43.6 Å². The second kappa shape index (κ2) is 12.0. The first kappa shape index (κ1) is 28.8. The molecule has 0 radical (unpaired) electrons. The van der Waals surface area contributed by atoms with Crippen molar-refractivity contribution >= 4 is 29.3 Å². The summed E-state index contributed by atoms with van der Waals surface area (Å²) in [6.07, 6.45) is 3.34. The molecule has 1 unspecified atom stereocenters. The van der Waals surface area contributed by atoms with E-state index in [1.165, 1.54) is 10.9 Å². The van der Waals surface area contributed by atoms with Crippen LogP contribution in [0.1, 0.15) is 44.0 Å². The number of piperidine rings is 1. The third-order valence-corrected chi connectivity index (χ3v) is 7.35. The second-order valence-corrected chi connectivity index (χ2v) is 11.8. The first-order valence-electron chi connectivity index (χ1n) is 14.2. The van der Waals surface area contributed by atoms with Crippen molar-refractivity contribution in [2.75, 3.05) is 62.7 Å².